The number of fused-ring (bicyclic) bond motifs is 1. The van der Waals surface area contributed by atoms with E-state index in [4.69, 9.17) is 10.5 Å². The molecule has 1 heterocycles. The molecule has 142 valence electrons. The van der Waals surface area contributed by atoms with Gasteiger partial charge in [0.05, 0.1) is 11.0 Å². The average Bonchev–Trinajstić information content (AvgIpc) is 3.09. The van der Waals surface area contributed by atoms with Crippen molar-refractivity contribution in [3.8, 4) is 5.75 Å². The molecule has 0 aliphatic rings. The molecule has 27 heavy (non-hydrogen) atoms. The zero-order valence-corrected chi connectivity index (χ0v) is 15.8. The van der Waals surface area contributed by atoms with E-state index in [2.05, 4.69) is 4.72 Å². The van der Waals surface area contributed by atoms with E-state index in [-0.39, 0.29) is 18.0 Å². The maximum absolute atomic E-state index is 12.4. The largest absolute Gasteiger partial charge is 0.484 e. The average molecular weight is 406 g/mol. The molecule has 1 atom stereocenters. The number of hydrogen-bond acceptors (Lipinski definition) is 6. The molecule has 3 aromatic rings. The number of rotatable bonds is 8. The monoisotopic (exact) mass is 406 g/mol. The molecular formula is C18H18N2O5S2. The van der Waals surface area contributed by atoms with Gasteiger partial charge in [0, 0.05) is 16.8 Å². The smallest absolute Gasteiger partial charge is 0.255 e. The maximum atomic E-state index is 12.4. The van der Waals surface area contributed by atoms with Gasteiger partial charge in [-0.05, 0) is 41.1 Å². The van der Waals surface area contributed by atoms with E-state index in [0.29, 0.717) is 11.3 Å². The Hall–Kier alpha value is -2.46. The zero-order valence-electron chi connectivity index (χ0n) is 14.2. The third-order valence-electron chi connectivity index (χ3n) is 3.85. The van der Waals surface area contributed by atoms with Crippen molar-refractivity contribution in [2.24, 2.45) is 5.73 Å². The number of primary amides is 1. The Labute approximate surface area is 160 Å². The highest BCUT2D eigenvalue weighted by Crippen LogP contribution is 2.30. The summed E-state index contributed by atoms with van der Waals surface area (Å²) in [5.41, 5.74) is 5.68. The molecule has 0 aliphatic carbocycles. The maximum Gasteiger partial charge on any atom is 0.255 e. The van der Waals surface area contributed by atoms with Crippen LogP contribution in [0.4, 0.5) is 0 Å². The van der Waals surface area contributed by atoms with Crippen molar-refractivity contribution >= 4 is 37.4 Å². The fraction of sp³-hybridized carbons (Fsp3) is 0.167. The highest BCUT2D eigenvalue weighted by Gasteiger charge is 2.19. The molecule has 1 unspecified atom stereocenters. The molecule has 0 saturated carbocycles. The molecule has 0 fully saturated rings. The minimum Gasteiger partial charge on any atom is -0.484 e. The number of carbonyl (C=O) groups is 1. The zero-order chi connectivity index (χ0) is 19.4. The number of carbonyl (C=O) groups excluding carboxylic acids is 1. The number of thiophene rings is 1. The lowest BCUT2D eigenvalue weighted by atomic mass is 10.1. The Morgan fingerprint density at radius 3 is 2.59 bits per heavy atom. The van der Waals surface area contributed by atoms with Gasteiger partial charge in [-0.15, -0.1) is 11.3 Å². The second-order valence-electron chi connectivity index (χ2n) is 5.78. The molecule has 0 saturated heterocycles. The SMILES string of the molecule is NC(=O)COc1ccc(S(=O)(=O)NCC(O)c2csc3ccccc23)cc1. The Morgan fingerprint density at radius 1 is 1.19 bits per heavy atom. The van der Waals surface area contributed by atoms with Gasteiger partial charge in [-0.3, -0.25) is 4.79 Å². The van der Waals surface area contributed by atoms with Crippen molar-refractivity contribution in [1.29, 1.82) is 0 Å². The van der Waals surface area contributed by atoms with E-state index in [1.165, 1.54) is 35.6 Å². The Kier molecular flexibility index (Phi) is 5.76. The lowest BCUT2D eigenvalue weighted by Crippen LogP contribution is -2.28. The lowest BCUT2D eigenvalue weighted by Gasteiger charge is -2.12. The molecule has 1 amide bonds. The molecule has 0 bridgehead atoms. The number of nitrogens with one attached hydrogen (secondary N) is 1. The van der Waals surface area contributed by atoms with Crippen molar-refractivity contribution in [1.82, 2.24) is 4.72 Å². The van der Waals surface area contributed by atoms with Crippen LogP contribution in [-0.4, -0.2) is 32.6 Å². The van der Waals surface area contributed by atoms with Gasteiger partial charge in [0.25, 0.3) is 5.91 Å². The van der Waals surface area contributed by atoms with Gasteiger partial charge in [-0.1, -0.05) is 18.2 Å². The van der Waals surface area contributed by atoms with Gasteiger partial charge in [-0.25, -0.2) is 13.1 Å². The van der Waals surface area contributed by atoms with Crippen molar-refractivity contribution in [3.05, 3.63) is 59.5 Å². The van der Waals surface area contributed by atoms with Crippen LogP contribution >= 0.6 is 11.3 Å². The van der Waals surface area contributed by atoms with Crippen LogP contribution in [0, 0.1) is 0 Å². The number of aliphatic hydroxyl groups excluding tert-OH is 1. The summed E-state index contributed by atoms with van der Waals surface area (Å²) in [6.07, 6.45) is -0.964. The number of sulfonamides is 1. The van der Waals surface area contributed by atoms with Crippen LogP contribution in [0.5, 0.6) is 5.75 Å². The second-order valence-corrected chi connectivity index (χ2v) is 8.46. The van der Waals surface area contributed by atoms with Crippen molar-refractivity contribution < 1.29 is 23.1 Å². The topological polar surface area (TPSA) is 119 Å². The predicted molar refractivity (Wildman–Crippen MR) is 103 cm³/mol. The van der Waals surface area contributed by atoms with Gasteiger partial charge in [-0.2, -0.15) is 0 Å². The lowest BCUT2D eigenvalue weighted by molar-refractivity contribution is -0.119. The molecule has 1 aromatic heterocycles. The quantitative estimate of drug-likeness (QED) is 0.527. The van der Waals surface area contributed by atoms with Crippen molar-refractivity contribution in [2.75, 3.05) is 13.2 Å². The molecule has 7 nitrogen and oxygen atoms in total. The fourth-order valence-corrected chi connectivity index (χ4v) is 4.55. The van der Waals surface area contributed by atoms with E-state index in [0.717, 1.165) is 10.1 Å². The number of benzene rings is 2. The minimum absolute atomic E-state index is 0.0244. The summed E-state index contributed by atoms with van der Waals surface area (Å²) in [7, 11) is -3.80. The number of ether oxygens (including phenoxy) is 1. The normalized spacial score (nSPS) is 12.8. The number of amides is 1. The van der Waals surface area contributed by atoms with Crippen LogP contribution in [0.1, 0.15) is 11.7 Å². The van der Waals surface area contributed by atoms with E-state index < -0.39 is 22.0 Å². The van der Waals surface area contributed by atoms with Crippen LogP contribution in [0.25, 0.3) is 10.1 Å². The highest BCUT2D eigenvalue weighted by molar-refractivity contribution is 7.89. The van der Waals surface area contributed by atoms with Crippen LogP contribution in [-0.2, 0) is 14.8 Å². The summed E-state index contributed by atoms with van der Waals surface area (Å²) in [4.78, 5) is 10.7. The molecule has 0 spiro atoms. The van der Waals surface area contributed by atoms with Crippen molar-refractivity contribution in [2.45, 2.75) is 11.0 Å². The first-order chi connectivity index (χ1) is 12.9. The minimum atomic E-state index is -3.80. The molecular weight excluding hydrogens is 388 g/mol. The van der Waals surface area contributed by atoms with Gasteiger partial charge in [0.2, 0.25) is 10.0 Å². The Morgan fingerprint density at radius 2 is 1.89 bits per heavy atom. The van der Waals surface area contributed by atoms with Crippen LogP contribution in [0.2, 0.25) is 0 Å². The standard InChI is InChI=1S/C18H18N2O5S2/c19-18(22)10-25-12-5-7-13(8-6-12)27(23,24)20-9-16(21)15-11-26-17-4-2-1-3-14(15)17/h1-8,11,16,20-21H,9-10H2,(H2,19,22). The molecule has 9 heteroatoms. The highest BCUT2D eigenvalue weighted by atomic mass is 32.2. The Bertz CT molecular complexity index is 1050. The number of aliphatic hydroxyl groups is 1. The summed E-state index contributed by atoms with van der Waals surface area (Å²) in [6.45, 7) is -0.436. The number of nitrogens with two attached hydrogens (primary N) is 1. The third kappa shape index (κ3) is 4.64. The second kappa shape index (κ2) is 8.05. The first-order valence-corrected chi connectivity index (χ1v) is 10.4. The fourth-order valence-electron chi connectivity index (χ4n) is 2.51. The van der Waals surface area contributed by atoms with Crippen LogP contribution < -0.4 is 15.2 Å². The van der Waals surface area contributed by atoms with Gasteiger partial charge >= 0.3 is 0 Å². The summed E-state index contributed by atoms with van der Waals surface area (Å²) >= 11 is 1.50. The molecule has 0 radical (unpaired) electrons. The predicted octanol–water partition coefficient (Wildman–Crippen LogP) is 1.78. The summed E-state index contributed by atoms with van der Waals surface area (Å²) < 4.78 is 33.4. The van der Waals surface area contributed by atoms with Crippen LogP contribution in [0.15, 0.2) is 58.8 Å². The number of hydrogen-bond donors (Lipinski definition) is 3. The van der Waals surface area contributed by atoms with Crippen molar-refractivity contribution in [3.63, 3.8) is 0 Å². The molecule has 3 rings (SSSR count). The van der Waals surface area contributed by atoms with Gasteiger partial charge < -0.3 is 15.6 Å². The van der Waals surface area contributed by atoms with E-state index >= 15 is 0 Å². The first-order valence-electron chi connectivity index (χ1n) is 8.02. The first kappa shape index (κ1) is 19.3. The summed E-state index contributed by atoms with van der Waals surface area (Å²) in [6, 6.07) is 13.2. The van der Waals surface area contributed by atoms with Crippen LogP contribution in [0.3, 0.4) is 0 Å². The summed E-state index contributed by atoms with van der Waals surface area (Å²) in [5.74, 6) is -0.291. The molecule has 2 aromatic carbocycles. The van der Waals surface area contributed by atoms with E-state index in [1.54, 1.807) is 0 Å². The third-order valence-corrected chi connectivity index (χ3v) is 6.27. The van der Waals surface area contributed by atoms with Gasteiger partial charge in [0.15, 0.2) is 6.61 Å². The molecule has 0 aliphatic heterocycles. The van der Waals surface area contributed by atoms with E-state index in [9.17, 15) is 18.3 Å². The Balaban J connectivity index is 1.66. The summed E-state index contributed by atoms with van der Waals surface area (Å²) in [5, 5.41) is 13.1. The molecule has 4 N–H and O–H groups in total. The van der Waals surface area contributed by atoms with Gasteiger partial charge in [0.1, 0.15) is 5.75 Å². The van der Waals surface area contributed by atoms with E-state index in [1.807, 2.05) is 29.6 Å².